The molecule has 1 unspecified atom stereocenters. The predicted molar refractivity (Wildman–Crippen MR) is 111 cm³/mol. The second-order valence-corrected chi connectivity index (χ2v) is 7.47. The number of hydrogen-bond donors (Lipinski definition) is 1. The molecular weight excluding hydrogens is 471 g/mol. The van der Waals surface area contributed by atoms with Crippen LogP contribution in [0.5, 0.6) is 0 Å². The number of aryl methyl sites for hydroxylation is 1. The van der Waals surface area contributed by atoms with Crippen molar-refractivity contribution in [2.45, 2.75) is 25.7 Å². The Hall–Kier alpha value is -3.61. The highest BCUT2D eigenvalue weighted by Gasteiger charge is 2.31. The van der Waals surface area contributed by atoms with Crippen molar-refractivity contribution in [2.75, 3.05) is 5.32 Å². The first-order valence-corrected chi connectivity index (χ1v) is 9.67. The van der Waals surface area contributed by atoms with Crippen LogP contribution in [0.15, 0.2) is 34.1 Å². The number of alkyl halides is 3. The molecule has 2 aromatic heterocycles. The van der Waals surface area contributed by atoms with Crippen LogP contribution in [0.3, 0.4) is 0 Å². The van der Waals surface area contributed by atoms with Gasteiger partial charge < -0.3 is 14.6 Å². The maximum Gasteiger partial charge on any atom is 0.416 e. The molecule has 0 aliphatic rings. The maximum absolute atomic E-state index is 12.9. The molecule has 2 heterocycles. The van der Waals surface area contributed by atoms with Crippen molar-refractivity contribution in [3.05, 3.63) is 56.0 Å². The van der Waals surface area contributed by atoms with Gasteiger partial charge in [0, 0.05) is 14.1 Å². The molecule has 3 aromatic rings. The number of hydrogen-bond acceptors (Lipinski definition) is 6. The zero-order valence-corrected chi connectivity index (χ0v) is 18.2. The lowest BCUT2D eigenvalue weighted by Gasteiger charge is -2.16. The SMILES string of the molecule is CC(OC(=O)Cn1cnc2c1c(=O)n(C)c(=O)n2C)C(=O)Nc1cc(C(F)(F)F)ccc1Cl. The Morgan fingerprint density at radius 1 is 1.21 bits per heavy atom. The number of fused-ring (bicyclic) bond motifs is 1. The van der Waals surface area contributed by atoms with Crippen molar-refractivity contribution in [3.63, 3.8) is 0 Å². The first-order valence-electron chi connectivity index (χ1n) is 9.29. The summed E-state index contributed by atoms with van der Waals surface area (Å²) >= 11 is 5.85. The van der Waals surface area contributed by atoms with Gasteiger partial charge in [0.25, 0.3) is 11.5 Å². The fourth-order valence-corrected chi connectivity index (χ4v) is 3.14. The first kappa shape index (κ1) is 24.0. The lowest BCUT2D eigenvalue weighted by atomic mass is 10.2. The minimum absolute atomic E-state index is 0.0237. The van der Waals surface area contributed by atoms with E-state index in [-0.39, 0.29) is 21.9 Å². The number of nitrogens with zero attached hydrogens (tertiary/aromatic N) is 4. The van der Waals surface area contributed by atoms with Crippen LogP contribution in [-0.4, -0.2) is 36.7 Å². The number of ether oxygens (including phenoxy) is 1. The van der Waals surface area contributed by atoms with Gasteiger partial charge in [-0.1, -0.05) is 11.6 Å². The van der Waals surface area contributed by atoms with Crippen molar-refractivity contribution in [1.82, 2.24) is 18.7 Å². The highest BCUT2D eigenvalue weighted by atomic mass is 35.5. The minimum Gasteiger partial charge on any atom is -0.451 e. The molecule has 0 aliphatic carbocycles. The number of carbonyl (C=O) groups is 2. The van der Waals surface area contributed by atoms with Crippen molar-refractivity contribution in [2.24, 2.45) is 14.1 Å². The molecule has 0 fully saturated rings. The van der Waals surface area contributed by atoms with Crippen LogP contribution in [0.4, 0.5) is 18.9 Å². The number of aromatic nitrogens is 4. The molecule has 0 aliphatic heterocycles. The Balaban J connectivity index is 1.74. The van der Waals surface area contributed by atoms with E-state index in [4.69, 9.17) is 16.3 Å². The van der Waals surface area contributed by atoms with E-state index < -0.39 is 47.5 Å². The van der Waals surface area contributed by atoms with Crippen LogP contribution in [-0.2, 0) is 41.1 Å². The Kier molecular flexibility index (Phi) is 6.36. The van der Waals surface area contributed by atoms with E-state index in [1.807, 2.05) is 0 Å². The molecule has 0 bridgehead atoms. The van der Waals surface area contributed by atoms with E-state index in [0.29, 0.717) is 6.07 Å². The molecule has 176 valence electrons. The Morgan fingerprint density at radius 2 is 1.88 bits per heavy atom. The molecule has 3 rings (SSSR count). The third kappa shape index (κ3) is 4.77. The molecular formula is C19H17ClF3N5O5. The molecule has 10 nitrogen and oxygen atoms in total. The lowest BCUT2D eigenvalue weighted by molar-refractivity contribution is -0.153. The van der Waals surface area contributed by atoms with Crippen molar-refractivity contribution < 1.29 is 27.5 Å². The molecule has 1 amide bonds. The fraction of sp³-hybridized carbons (Fsp3) is 0.316. The summed E-state index contributed by atoms with van der Waals surface area (Å²) in [5.74, 6) is -1.85. The average molecular weight is 488 g/mol. The lowest BCUT2D eigenvalue weighted by Crippen LogP contribution is -2.38. The highest BCUT2D eigenvalue weighted by molar-refractivity contribution is 6.33. The van der Waals surface area contributed by atoms with Gasteiger partial charge in [-0.05, 0) is 25.1 Å². The van der Waals surface area contributed by atoms with Crippen molar-refractivity contribution >= 4 is 40.3 Å². The topological polar surface area (TPSA) is 117 Å². The smallest absolute Gasteiger partial charge is 0.416 e. The second-order valence-electron chi connectivity index (χ2n) is 7.06. The Bertz CT molecular complexity index is 1380. The quantitative estimate of drug-likeness (QED) is 0.547. The number of imidazole rings is 1. The van der Waals surface area contributed by atoms with Crippen molar-refractivity contribution in [3.8, 4) is 0 Å². The highest BCUT2D eigenvalue weighted by Crippen LogP contribution is 2.33. The average Bonchev–Trinajstić information content (AvgIpc) is 3.14. The maximum atomic E-state index is 12.9. The standard InChI is InChI=1S/C19H17ClF3N5O5/c1-9(16(30)25-12-6-10(19(21,22)23)4-5-11(12)20)33-13(29)7-28-8-24-15-14(28)17(31)27(3)18(32)26(15)2/h4-6,8-9H,7H2,1-3H3,(H,25,30). The number of anilines is 1. The van der Waals surface area contributed by atoms with Crippen LogP contribution >= 0.6 is 11.6 Å². The third-order valence-electron chi connectivity index (χ3n) is 4.75. The Labute approximate surface area is 188 Å². The van der Waals surface area contributed by atoms with Crippen LogP contribution in [0.1, 0.15) is 12.5 Å². The normalized spacial score (nSPS) is 12.6. The molecule has 0 saturated heterocycles. The predicted octanol–water partition coefficient (Wildman–Crippen LogP) is 1.68. The largest absolute Gasteiger partial charge is 0.451 e. The van der Waals surface area contributed by atoms with Gasteiger partial charge in [0.1, 0.15) is 6.54 Å². The molecule has 1 atom stereocenters. The van der Waals surface area contributed by atoms with Gasteiger partial charge in [0.2, 0.25) is 0 Å². The number of nitrogens with one attached hydrogen (secondary N) is 1. The summed E-state index contributed by atoms with van der Waals surface area (Å²) in [7, 11) is 2.68. The van der Waals surface area contributed by atoms with Gasteiger partial charge in [-0.2, -0.15) is 13.2 Å². The summed E-state index contributed by atoms with van der Waals surface area (Å²) in [6.07, 6.45) is -4.87. The molecule has 14 heteroatoms. The van der Waals surface area contributed by atoms with E-state index >= 15 is 0 Å². The van der Waals surface area contributed by atoms with Gasteiger partial charge in [0.15, 0.2) is 17.3 Å². The first-order chi connectivity index (χ1) is 15.3. The van der Waals surface area contributed by atoms with Gasteiger partial charge in [-0.3, -0.25) is 23.5 Å². The summed E-state index contributed by atoms with van der Waals surface area (Å²) in [4.78, 5) is 53.0. The molecule has 0 radical (unpaired) electrons. The zero-order valence-electron chi connectivity index (χ0n) is 17.4. The number of carbonyl (C=O) groups excluding carboxylic acids is 2. The number of amides is 1. The molecule has 1 aromatic carbocycles. The van der Waals surface area contributed by atoms with E-state index in [0.717, 1.165) is 25.8 Å². The Morgan fingerprint density at radius 3 is 2.52 bits per heavy atom. The van der Waals surface area contributed by atoms with Crippen LogP contribution in [0.25, 0.3) is 11.2 Å². The second kappa shape index (κ2) is 8.73. The number of halogens is 4. The van der Waals surface area contributed by atoms with E-state index in [1.54, 1.807) is 0 Å². The van der Waals surface area contributed by atoms with Gasteiger partial charge in [-0.25, -0.2) is 9.78 Å². The minimum atomic E-state index is -4.64. The third-order valence-corrected chi connectivity index (χ3v) is 5.08. The summed E-state index contributed by atoms with van der Waals surface area (Å²) in [5.41, 5.74) is -2.56. The van der Waals surface area contributed by atoms with Gasteiger partial charge in [0.05, 0.1) is 22.6 Å². The van der Waals surface area contributed by atoms with E-state index in [2.05, 4.69) is 10.3 Å². The summed E-state index contributed by atoms with van der Waals surface area (Å²) in [6, 6.07) is 2.40. The molecule has 1 N–H and O–H groups in total. The summed E-state index contributed by atoms with van der Waals surface area (Å²) in [5, 5.41) is 2.05. The number of esters is 1. The summed E-state index contributed by atoms with van der Waals surface area (Å²) < 4.78 is 46.8. The molecule has 33 heavy (non-hydrogen) atoms. The molecule has 0 spiro atoms. The van der Waals surface area contributed by atoms with Gasteiger partial charge >= 0.3 is 17.8 Å². The monoisotopic (exact) mass is 487 g/mol. The van der Waals surface area contributed by atoms with Crippen LogP contribution in [0, 0.1) is 0 Å². The van der Waals surface area contributed by atoms with Gasteiger partial charge in [-0.15, -0.1) is 0 Å². The molecule has 0 saturated carbocycles. The summed E-state index contributed by atoms with van der Waals surface area (Å²) in [6.45, 7) is 0.704. The van der Waals surface area contributed by atoms with Crippen molar-refractivity contribution in [1.29, 1.82) is 0 Å². The number of benzene rings is 1. The fourth-order valence-electron chi connectivity index (χ4n) is 2.98. The van der Waals surface area contributed by atoms with Crippen LogP contribution in [0.2, 0.25) is 5.02 Å². The van der Waals surface area contributed by atoms with E-state index in [9.17, 15) is 32.3 Å². The van der Waals surface area contributed by atoms with Crippen LogP contribution < -0.4 is 16.6 Å². The van der Waals surface area contributed by atoms with E-state index in [1.165, 1.54) is 27.3 Å². The number of rotatable bonds is 5. The zero-order chi connectivity index (χ0) is 24.7.